The first-order valence-electron chi connectivity index (χ1n) is 9.65. The Morgan fingerprint density at radius 1 is 1.38 bits per heavy atom. The molecule has 0 aliphatic carbocycles. The first kappa shape index (κ1) is 23.1. The molecule has 2 rings (SSSR count). The van der Waals surface area contributed by atoms with Crippen LogP contribution in [0.2, 0.25) is 18.1 Å². The molecule has 0 radical (unpaired) electrons. The second kappa shape index (κ2) is 8.67. The molecule has 1 heterocycles. The molecular weight excluding hydrogens is 393 g/mol. The van der Waals surface area contributed by atoms with Gasteiger partial charge in [-0.15, -0.1) is 0 Å². The Kier molecular flexibility index (Phi) is 6.90. The molecule has 1 atom stereocenters. The Hall–Kier alpha value is -2.19. The van der Waals surface area contributed by atoms with Crippen molar-refractivity contribution in [3.63, 3.8) is 0 Å². The van der Waals surface area contributed by atoms with E-state index in [0.717, 1.165) is 0 Å². The molecule has 1 aliphatic heterocycles. The lowest BCUT2D eigenvalue weighted by atomic mass is 10.1. The van der Waals surface area contributed by atoms with Gasteiger partial charge in [-0.05, 0) is 43.3 Å². The lowest BCUT2D eigenvalue weighted by Gasteiger charge is -2.36. The summed E-state index contributed by atoms with van der Waals surface area (Å²) in [6, 6.07) is 4.16. The highest BCUT2D eigenvalue weighted by Crippen LogP contribution is 2.37. The largest absolute Gasteiger partial charge is 0.462 e. The van der Waals surface area contributed by atoms with Crippen molar-refractivity contribution in [3.8, 4) is 0 Å². The first-order chi connectivity index (χ1) is 13.4. The molecule has 1 aliphatic rings. The number of ether oxygens (including phenoxy) is 2. The average Bonchev–Trinajstić information content (AvgIpc) is 2.99. The van der Waals surface area contributed by atoms with Gasteiger partial charge in [0.2, 0.25) is 0 Å². The Labute approximate surface area is 172 Å². The van der Waals surface area contributed by atoms with E-state index in [0.29, 0.717) is 12.3 Å². The SMILES string of the molecule is C=C(C(=O)OCC)c1ccc(N2C[C@H](CO[Si](C)(C)C(C)(C)C)OC2=O)cc1F. The topological polar surface area (TPSA) is 65.1 Å². The van der Waals surface area contributed by atoms with Crippen LogP contribution in [0.15, 0.2) is 24.8 Å². The first-order valence-corrected chi connectivity index (χ1v) is 12.6. The van der Waals surface area contributed by atoms with Crippen LogP contribution >= 0.6 is 0 Å². The minimum Gasteiger partial charge on any atom is -0.462 e. The molecule has 1 aromatic carbocycles. The summed E-state index contributed by atoms with van der Waals surface area (Å²) < 4.78 is 30.9. The Morgan fingerprint density at radius 2 is 2.03 bits per heavy atom. The zero-order valence-corrected chi connectivity index (χ0v) is 19.0. The van der Waals surface area contributed by atoms with Gasteiger partial charge in [-0.2, -0.15) is 0 Å². The third-order valence-corrected chi connectivity index (χ3v) is 9.92. The number of cyclic esters (lactones) is 1. The second-order valence-electron chi connectivity index (χ2n) is 8.55. The summed E-state index contributed by atoms with van der Waals surface area (Å²) in [5.41, 5.74) is 0.320. The fraction of sp³-hybridized carbons (Fsp3) is 0.524. The van der Waals surface area contributed by atoms with Crippen molar-refractivity contribution in [1.29, 1.82) is 0 Å². The second-order valence-corrected chi connectivity index (χ2v) is 13.4. The van der Waals surface area contributed by atoms with E-state index in [4.69, 9.17) is 13.9 Å². The molecule has 160 valence electrons. The molecule has 0 N–H and O–H groups in total. The van der Waals surface area contributed by atoms with Crippen molar-refractivity contribution in [1.82, 2.24) is 0 Å². The highest BCUT2D eigenvalue weighted by molar-refractivity contribution is 6.74. The predicted octanol–water partition coefficient (Wildman–Crippen LogP) is 4.75. The van der Waals surface area contributed by atoms with E-state index in [2.05, 4.69) is 40.4 Å². The number of carbonyl (C=O) groups is 2. The standard InChI is InChI=1S/C21H30FNO5Si/c1-8-26-19(24)14(2)17-10-9-15(11-18(17)22)23-12-16(28-20(23)25)13-27-29(6,7)21(3,4)5/h9-11,16H,2,8,12-13H2,1,3-7H3/t16-/m1/s1. The van der Waals surface area contributed by atoms with Gasteiger partial charge in [0.25, 0.3) is 0 Å². The maximum absolute atomic E-state index is 14.5. The van der Waals surface area contributed by atoms with E-state index in [1.807, 2.05) is 0 Å². The third kappa shape index (κ3) is 5.25. The van der Waals surface area contributed by atoms with Gasteiger partial charge in [0.15, 0.2) is 8.32 Å². The minimum atomic E-state index is -1.97. The molecule has 0 unspecified atom stereocenters. The van der Waals surface area contributed by atoms with Crippen LogP contribution in [0.1, 0.15) is 33.3 Å². The lowest BCUT2D eigenvalue weighted by Crippen LogP contribution is -2.43. The van der Waals surface area contributed by atoms with Crippen molar-refractivity contribution >= 4 is 31.6 Å². The van der Waals surface area contributed by atoms with Gasteiger partial charge in [0, 0.05) is 5.56 Å². The summed E-state index contributed by atoms with van der Waals surface area (Å²) in [7, 11) is -1.97. The van der Waals surface area contributed by atoms with E-state index in [-0.39, 0.29) is 29.3 Å². The molecule has 0 aromatic heterocycles. The number of benzene rings is 1. The Balaban J connectivity index is 2.08. The smallest absolute Gasteiger partial charge is 0.414 e. The quantitative estimate of drug-likeness (QED) is 0.360. The number of hydrogen-bond acceptors (Lipinski definition) is 5. The zero-order valence-electron chi connectivity index (χ0n) is 18.0. The number of rotatable bonds is 7. The molecule has 1 aromatic rings. The zero-order chi connectivity index (χ0) is 22.0. The van der Waals surface area contributed by atoms with Crippen LogP contribution < -0.4 is 4.90 Å². The number of halogens is 1. The van der Waals surface area contributed by atoms with Crippen molar-refractivity contribution < 1.29 is 27.9 Å². The predicted molar refractivity (Wildman–Crippen MR) is 113 cm³/mol. The van der Waals surface area contributed by atoms with E-state index in [1.165, 1.54) is 17.0 Å². The average molecular weight is 424 g/mol. The van der Waals surface area contributed by atoms with E-state index in [1.54, 1.807) is 13.0 Å². The summed E-state index contributed by atoms with van der Waals surface area (Å²) in [6.45, 7) is 16.7. The van der Waals surface area contributed by atoms with Crippen LogP contribution in [0, 0.1) is 5.82 Å². The Morgan fingerprint density at radius 3 is 2.59 bits per heavy atom. The van der Waals surface area contributed by atoms with Crippen molar-refractivity contribution in [2.45, 2.75) is 51.9 Å². The van der Waals surface area contributed by atoms with Crippen LogP contribution in [-0.2, 0) is 18.7 Å². The highest BCUT2D eigenvalue weighted by Gasteiger charge is 2.40. The normalized spacial score (nSPS) is 17.3. The minimum absolute atomic E-state index is 0.0394. The van der Waals surface area contributed by atoms with Gasteiger partial charge in [-0.1, -0.05) is 27.4 Å². The summed E-state index contributed by atoms with van der Waals surface area (Å²) in [5, 5.41) is 0.0512. The molecule has 0 bridgehead atoms. The fourth-order valence-electron chi connectivity index (χ4n) is 2.58. The number of esters is 1. The molecule has 8 heteroatoms. The fourth-order valence-corrected chi connectivity index (χ4v) is 3.62. The summed E-state index contributed by atoms with van der Waals surface area (Å²) >= 11 is 0. The Bertz CT molecular complexity index is 803. The molecule has 1 amide bonds. The summed E-state index contributed by atoms with van der Waals surface area (Å²) in [5.74, 6) is -1.34. The van der Waals surface area contributed by atoms with Gasteiger partial charge in [0.05, 0.1) is 31.0 Å². The van der Waals surface area contributed by atoms with Crippen molar-refractivity contribution in [3.05, 3.63) is 36.2 Å². The molecule has 6 nitrogen and oxygen atoms in total. The summed E-state index contributed by atoms with van der Waals surface area (Å²) in [6.07, 6.45) is -0.973. The van der Waals surface area contributed by atoms with Gasteiger partial charge in [-0.25, -0.2) is 14.0 Å². The van der Waals surface area contributed by atoms with Crippen LogP contribution in [0.5, 0.6) is 0 Å². The highest BCUT2D eigenvalue weighted by atomic mass is 28.4. The molecule has 29 heavy (non-hydrogen) atoms. The van der Waals surface area contributed by atoms with E-state index < -0.39 is 32.3 Å². The molecule has 1 saturated heterocycles. The molecular formula is C21H30FNO5Si. The number of carbonyl (C=O) groups excluding carboxylic acids is 2. The number of anilines is 1. The maximum atomic E-state index is 14.5. The number of hydrogen-bond donors (Lipinski definition) is 0. The third-order valence-electron chi connectivity index (χ3n) is 5.42. The van der Waals surface area contributed by atoms with Crippen LogP contribution in [0.25, 0.3) is 5.57 Å². The number of nitrogens with zero attached hydrogens (tertiary/aromatic N) is 1. The van der Waals surface area contributed by atoms with Crippen LogP contribution in [0.4, 0.5) is 14.9 Å². The molecule has 0 saturated carbocycles. The van der Waals surface area contributed by atoms with E-state index >= 15 is 0 Å². The maximum Gasteiger partial charge on any atom is 0.414 e. The molecule has 1 fully saturated rings. The van der Waals surface area contributed by atoms with Crippen molar-refractivity contribution in [2.24, 2.45) is 0 Å². The van der Waals surface area contributed by atoms with Gasteiger partial charge >= 0.3 is 12.1 Å². The lowest BCUT2D eigenvalue weighted by molar-refractivity contribution is -0.136. The van der Waals surface area contributed by atoms with E-state index in [9.17, 15) is 14.0 Å². The number of amides is 1. The van der Waals surface area contributed by atoms with Gasteiger partial charge in [0.1, 0.15) is 11.9 Å². The van der Waals surface area contributed by atoms with Crippen molar-refractivity contribution in [2.75, 3.05) is 24.7 Å². The monoisotopic (exact) mass is 423 g/mol. The van der Waals surface area contributed by atoms with Crippen LogP contribution in [-0.4, -0.2) is 46.2 Å². The summed E-state index contributed by atoms with van der Waals surface area (Å²) in [4.78, 5) is 25.4. The molecule has 0 spiro atoms. The van der Waals surface area contributed by atoms with Gasteiger partial charge < -0.3 is 13.9 Å². The van der Waals surface area contributed by atoms with Crippen LogP contribution in [0.3, 0.4) is 0 Å². The van der Waals surface area contributed by atoms with Gasteiger partial charge in [-0.3, -0.25) is 4.90 Å².